The molecule has 3 unspecified atom stereocenters. The fourth-order valence-electron chi connectivity index (χ4n) is 13.4. The van der Waals surface area contributed by atoms with Crippen LogP contribution >= 0.6 is 0 Å². The highest BCUT2D eigenvalue weighted by Crippen LogP contribution is 2.69. The smallest absolute Gasteiger partial charge is 0.0561 e. The van der Waals surface area contributed by atoms with E-state index in [1.54, 1.807) is 11.1 Å². The van der Waals surface area contributed by atoms with Gasteiger partial charge in [0.1, 0.15) is 0 Å². The molecule has 0 radical (unpaired) electrons. The number of hydrogen-bond acceptors (Lipinski definition) is 2. The Labute approximate surface area is 377 Å². The molecule has 0 amide bonds. The topological polar surface area (TPSA) is 11.4 Å². The minimum atomic E-state index is -0.124. The summed E-state index contributed by atoms with van der Waals surface area (Å²) in [6.45, 7) is 0. The summed E-state index contributed by atoms with van der Waals surface area (Å²) in [7, 11) is 0. The molecule has 13 rings (SSSR count). The summed E-state index contributed by atoms with van der Waals surface area (Å²) in [4.78, 5) is 5.28. The zero-order chi connectivity index (χ0) is 42.2. The maximum Gasteiger partial charge on any atom is 0.0561 e. The standard InChI is InChI=1S/C61H53N3/c1-5-19-42(20-6-1)51-29-13-15-31-54(51)63(48-25-9-3-10-26-48)57-34-18-22-44-40-46-36-35-45-39-43-21-17-33-56(59(43)61(45,46)60(44)57)62(47-23-7-2-8-24-47)50-37-38-53-52-30-14-16-32-55(52)64(58(53)41-50)49-27-11-4-12-28-49/h2-4,7-18,21-34,37-38,41-42,45-46H,1,5-6,19-20,35-36,39-40H2. The number of aromatic nitrogens is 1. The molecule has 0 N–H and O–H groups in total. The molecular formula is C61H53N3. The summed E-state index contributed by atoms with van der Waals surface area (Å²) in [6, 6.07) is 73.4. The lowest BCUT2D eigenvalue weighted by molar-refractivity contribution is 0.350. The van der Waals surface area contributed by atoms with Crippen molar-refractivity contribution >= 4 is 55.9 Å². The molecule has 0 saturated heterocycles. The molecule has 3 atom stereocenters. The number of para-hydroxylation sites is 5. The Balaban J connectivity index is 1.05. The average Bonchev–Trinajstić information content (AvgIpc) is 4.08. The number of benzene rings is 8. The Morgan fingerprint density at radius 3 is 1.64 bits per heavy atom. The SMILES string of the molecule is c1ccc(N(c2ccc3c4ccccc4n(-c4ccccc4)c3c2)c2cccc3c2C24c5c(cccc5N(c5ccccc5)c5ccccc5C5CCCCC5)CC2CCC4C3)cc1. The van der Waals surface area contributed by atoms with Crippen molar-refractivity contribution in [1.82, 2.24) is 4.57 Å². The summed E-state index contributed by atoms with van der Waals surface area (Å²) < 4.78 is 2.46. The molecule has 4 aliphatic rings. The zero-order valence-electron chi connectivity index (χ0n) is 36.4. The molecule has 1 aromatic heterocycles. The second-order valence-electron chi connectivity index (χ2n) is 19.0. The van der Waals surface area contributed by atoms with E-state index in [0.29, 0.717) is 17.8 Å². The van der Waals surface area contributed by atoms with Gasteiger partial charge in [-0.2, -0.15) is 0 Å². The number of fused-ring (bicyclic) bond motifs is 5. The average molecular weight is 828 g/mol. The summed E-state index contributed by atoms with van der Waals surface area (Å²) in [6.07, 6.45) is 11.3. The second-order valence-corrected chi connectivity index (χ2v) is 19.0. The first-order valence-electron chi connectivity index (χ1n) is 23.9. The Hall–Kier alpha value is -6.84. The van der Waals surface area contributed by atoms with E-state index >= 15 is 0 Å². The van der Waals surface area contributed by atoms with E-state index in [-0.39, 0.29) is 5.41 Å². The van der Waals surface area contributed by atoms with Gasteiger partial charge in [0, 0.05) is 44.6 Å². The first-order chi connectivity index (χ1) is 31.8. The van der Waals surface area contributed by atoms with Crippen molar-refractivity contribution in [1.29, 1.82) is 0 Å². The molecule has 2 fully saturated rings. The van der Waals surface area contributed by atoms with Gasteiger partial charge in [-0.3, -0.25) is 0 Å². The minimum Gasteiger partial charge on any atom is -0.310 e. The van der Waals surface area contributed by atoms with Crippen LogP contribution in [0.2, 0.25) is 0 Å². The first-order valence-corrected chi connectivity index (χ1v) is 23.9. The van der Waals surface area contributed by atoms with E-state index < -0.39 is 0 Å². The highest BCUT2D eigenvalue weighted by molar-refractivity contribution is 6.10. The van der Waals surface area contributed by atoms with Gasteiger partial charge in [0.25, 0.3) is 0 Å². The summed E-state index contributed by atoms with van der Waals surface area (Å²) in [5.41, 5.74) is 18.8. The minimum absolute atomic E-state index is 0.124. The van der Waals surface area contributed by atoms with Gasteiger partial charge in [-0.1, -0.05) is 141 Å². The molecular weight excluding hydrogens is 775 g/mol. The highest BCUT2D eigenvalue weighted by Gasteiger charge is 2.62. The monoisotopic (exact) mass is 827 g/mol. The lowest BCUT2D eigenvalue weighted by atomic mass is 9.68. The molecule has 8 aromatic carbocycles. The quantitative estimate of drug-likeness (QED) is 0.151. The number of hydrogen-bond donors (Lipinski definition) is 0. The van der Waals surface area contributed by atoms with Crippen molar-refractivity contribution in [3.63, 3.8) is 0 Å². The predicted octanol–water partition coefficient (Wildman–Crippen LogP) is 16.2. The van der Waals surface area contributed by atoms with Crippen molar-refractivity contribution in [2.24, 2.45) is 11.8 Å². The molecule has 312 valence electrons. The van der Waals surface area contributed by atoms with E-state index in [1.165, 1.54) is 123 Å². The number of anilines is 6. The van der Waals surface area contributed by atoms with Gasteiger partial charge < -0.3 is 14.4 Å². The van der Waals surface area contributed by atoms with E-state index in [1.807, 2.05) is 0 Å². The van der Waals surface area contributed by atoms with E-state index in [9.17, 15) is 0 Å². The fraction of sp³-hybridized carbons (Fsp3) is 0.213. The lowest BCUT2D eigenvalue weighted by Gasteiger charge is -2.40. The van der Waals surface area contributed by atoms with Gasteiger partial charge >= 0.3 is 0 Å². The van der Waals surface area contributed by atoms with Crippen LogP contribution in [0.15, 0.2) is 194 Å². The van der Waals surface area contributed by atoms with Crippen LogP contribution in [0, 0.1) is 11.8 Å². The van der Waals surface area contributed by atoms with E-state index in [2.05, 4.69) is 208 Å². The van der Waals surface area contributed by atoms with Crippen molar-refractivity contribution in [2.45, 2.75) is 69.1 Å². The van der Waals surface area contributed by atoms with Crippen LogP contribution in [0.3, 0.4) is 0 Å². The molecule has 9 aromatic rings. The van der Waals surface area contributed by atoms with Crippen LogP contribution in [0.1, 0.15) is 78.7 Å². The Morgan fingerprint density at radius 1 is 0.406 bits per heavy atom. The third-order valence-corrected chi connectivity index (χ3v) is 15.8. The molecule has 1 spiro atoms. The molecule has 3 heteroatoms. The fourth-order valence-corrected chi connectivity index (χ4v) is 13.4. The van der Waals surface area contributed by atoms with Crippen LogP contribution in [0.25, 0.3) is 27.5 Å². The van der Waals surface area contributed by atoms with E-state index in [0.717, 1.165) is 12.8 Å². The van der Waals surface area contributed by atoms with E-state index in [4.69, 9.17) is 0 Å². The summed E-state index contributed by atoms with van der Waals surface area (Å²) in [5, 5.41) is 2.55. The Morgan fingerprint density at radius 2 is 0.953 bits per heavy atom. The molecule has 0 bridgehead atoms. The van der Waals surface area contributed by atoms with Crippen molar-refractivity contribution in [2.75, 3.05) is 9.80 Å². The van der Waals surface area contributed by atoms with Crippen LogP contribution in [-0.4, -0.2) is 4.57 Å². The van der Waals surface area contributed by atoms with Gasteiger partial charge in [-0.15, -0.1) is 0 Å². The summed E-state index contributed by atoms with van der Waals surface area (Å²) in [5.74, 6) is 1.64. The Kier molecular flexibility index (Phi) is 8.93. The molecule has 3 nitrogen and oxygen atoms in total. The maximum absolute atomic E-state index is 2.68. The van der Waals surface area contributed by atoms with Crippen LogP contribution in [0.4, 0.5) is 34.1 Å². The zero-order valence-corrected chi connectivity index (χ0v) is 36.4. The van der Waals surface area contributed by atoms with Gasteiger partial charge in [-0.05, 0) is 157 Å². The van der Waals surface area contributed by atoms with Gasteiger partial charge in [0.15, 0.2) is 0 Å². The van der Waals surface area contributed by atoms with Crippen molar-refractivity contribution in [3.8, 4) is 5.69 Å². The second kappa shape index (κ2) is 15.2. The molecule has 1 heterocycles. The third kappa shape index (κ3) is 5.65. The Bertz CT molecular complexity index is 3170. The van der Waals surface area contributed by atoms with Crippen LogP contribution in [-0.2, 0) is 18.3 Å². The maximum atomic E-state index is 2.68. The number of rotatable bonds is 8. The summed E-state index contributed by atoms with van der Waals surface area (Å²) >= 11 is 0. The lowest BCUT2D eigenvalue weighted by Crippen LogP contribution is -2.34. The van der Waals surface area contributed by atoms with Gasteiger partial charge in [-0.25, -0.2) is 0 Å². The molecule has 2 saturated carbocycles. The van der Waals surface area contributed by atoms with Crippen molar-refractivity contribution in [3.05, 3.63) is 222 Å². The first kappa shape index (κ1) is 37.7. The highest BCUT2D eigenvalue weighted by atomic mass is 15.2. The normalized spacial score (nSPS) is 19.9. The third-order valence-electron chi connectivity index (χ3n) is 15.8. The molecule has 64 heavy (non-hydrogen) atoms. The van der Waals surface area contributed by atoms with Crippen LogP contribution < -0.4 is 9.80 Å². The van der Waals surface area contributed by atoms with Crippen molar-refractivity contribution < 1.29 is 0 Å². The predicted molar refractivity (Wildman–Crippen MR) is 267 cm³/mol. The van der Waals surface area contributed by atoms with Crippen LogP contribution in [0.5, 0.6) is 0 Å². The number of nitrogens with zero attached hydrogens (tertiary/aromatic N) is 3. The largest absolute Gasteiger partial charge is 0.310 e. The van der Waals surface area contributed by atoms with Gasteiger partial charge in [0.05, 0.1) is 22.4 Å². The molecule has 4 aliphatic carbocycles. The molecule has 0 aliphatic heterocycles. The van der Waals surface area contributed by atoms with Gasteiger partial charge in [0.2, 0.25) is 0 Å².